The standard InChI is InChI=1S/C31H49N5O3/c1-5-35(6-2)21-19-32-17-9-23-37-27-13-11-26(12-14-27)31-34-29-16-15-28(25-30(29)39-31)38-24-10-18-33-20-22-36(7-3)8-4/h11-16,25,32-33H,5-10,17-24H2,1-4H3. The predicted molar refractivity (Wildman–Crippen MR) is 161 cm³/mol. The van der Waals surface area contributed by atoms with E-state index in [4.69, 9.17) is 13.9 Å². The Kier molecular flexibility index (Phi) is 14.1. The van der Waals surface area contributed by atoms with E-state index in [1.165, 1.54) is 0 Å². The largest absolute Gasteiger partial charge is 0.494 e. The highest BCUT2D eigenvalue weighted by Crippen LogP contribution is 2.28. The maximum absolute atomic E-state index is 6.05. The van der Waals surface area contributed by atoms with Crippen molar-refractivity contribution in [2.45, 2.75) is 40.5 Å². The Bertz CT molecular complexity index is 1050. The number of benzene rings is 2. The molecule has 8 nitrogen and oxygen atoms in total. The van der Waals surface area contributed by atoms with Gasteiger partial charge in [0.25, 0.3) is 0 Å². The number of aromatic nitrogens is 1. The third-order valence-electron chi connectivity index (χ3n) is 6.99. The highest BCUT2D eigenvalue weighted by atomic mass is 16.5. The third kappa shape index (κ3) is 10.8. The van der Waals surface area contributed by atoms with Gasteiger partial charge < -0.3 is 34.3 Å². The van der Waals surface area contributed by atoms with Crippen LogP contribution in [0.15, 0.2) is 46.9 Å². The zero-order chi connectivity index (χ0) is 27.7. The number of nitrogens with zero attached hydrogens (tertiary/aromatic N) is 3. The lowest BCUT2D eigenvalue weighted by Crippen LogP contribution is -2.32. The molecule has 0 saturated heterocycles. The summed E-state index contributed by atoms with van der Waals surface area (Å²) >= 11 is 0. The second-order valence-electron chi connectivity index (χ2n) is 9.63. The highest BCUT2D eigenvalue weighted by molar-refractivity contribution is 5.77. The molecular weight excluding hydrogens is 490 g/mol. The van der Waals surface area contributed by atoms with E-state index in [2.05, 4.69) is 53.1 Å². The van der Waals surface area contributed by atoms with Gasteiger partial charge in [0, 0.05) is 37.8 Å². The van der Waals surface area contributed by atoms with Gasteiger partial charge in [0.2, 0.25) is 5.89 Å². The molecule has 1 heterocycles. The molecule has 216 valence electrons. The average molecular weight is 540 g/mol. The molecule has 0 amide bonds. The molecule has 0 aliphatic heterocycles. The van der Waals surface area contributed by atoms with E-state index >= 15 is 0 Å². The molecular formula is C31H49N5O3. The maximum atomic E-state index is 6.05. The van der Waals surface area contributed by atoms with Crippen molar-refractivity contribution in [1.29, 1.82) is 0 Å². The van der Waals surface area contributed by atoms with Crippen LogP contribution in [-0.2, 0) is 0 Å². The molecule has 0 unspecified atom stereocenters. The van der Waals surface area contributed by atoms with Crippen molar-refractivity contribution in [3.05, 3.63) is 42.5 Å². The predicted octanol–water partition coefficient (Wildman–Crippen LogP) is 4.90. The monoisotopic (exact) mass is 539 g/mol. The number of hydrogen-bond acceptors (Lipinski definition) is 8. The van der Waals surface area contributed by atoms with Gasteiger partial charge in [0.05, 0.1) is 13.2 Å². The Labute approximate surface area is 235 Å². The SMILES string of the molecule is CCN(CC)CCNCCCOc1ccc(-c2nc3ccc(OCCCNCCN(CC)CC)cc3o2)cc1. The van der Waals surface area contributed by atoms with E-state index < -0.39 is 0 Å². The van der Waals surface area contributed by atoms with E-state index in [1.54, 1.807) is 0 Å². The van der Waals surface area contributed by atoms with E-state index in [-0.39, 0.29) is 0 Å². The molecule has 8 heteroatoms. The lowest BCUT2D eigenvalue weighted by atomic mass is 10.2. The number of hydrogen-bond donors (Lipinski definition) is 2. The molecule has 2 N–H and O–H groups in total. The average Bonchev–Trinajstić information content (AvgIpc) is 3.40. The Hall–Kier alpha value is -2.65. The van der Waals surface area contributed by atoms with Crippen molar-refractivity contribution in [2.75, 3.05) is 78.7 Å². The number of likely N-dealkylation sites (N-methyl/N-ethyl adjacent to an activating group) is 2. The van der Waals surface area contributed by atoms with Crippen molar-refractivity contribution in [3.8, 4) is 23.0 Å². The minimum absolute atomic E-state index is 0.600. The molecule has 2 aromatic carbocycles. The maximum Gasteiger partial charge on any atom is 0.227 e. The summed E-state index contributed by atoms with van der Waals surface area (Å²) in [5.74, 6) is 2.26. The van der Waals surface area contributed by atoms with Crippen LogP contribution in [-0.4, -0.2) is 93.4 Å². The van der Waals surface area contributed by atoms with Crippen molar-refractivity contribution in [3.63, 3.8) is 0 Å². The number of rotatable bonds is 21. The van der Waals surface area contributed by atoms with Crippen molar-refractivity contribution in [2.24, 2.45) is 0 Å². The van der Waals surface area contributed by atoms with Gasteiger partial charge in [-0.15, -0.1) is 0 Å². The van der Waals surface area contributed by atoms with Gasteiger partial charge in [0.15, 0.2) is 5.58 Å². The van der Waals surface area contributed by atoms with Gasteiger partial charge in [0.1, 0.15) is 17.0 Å². The third-order valence-corrected chi connectivity index (χ3v) is 6.99. The Morgan fingerprint density at radius 2 is 1.23 bits per heavy atom. The number of fused-ring (bicyclic) bond motifs is 1. The van der Waals surface area contributed by atoms with Crippen LogP contribution in [0.1, 0.15) is 40.5 Å². The van der Waals surface area contributed by atoms with Crippen LogP contribution in [0.4, 0.5) is 0 Å². The molecule has 0 atom stereocenters. The first-order chi connectivity index (χ1) is 19.2. The molecule has 1 aromatic heterocycles. The van der Waals surface area contributed by atoms with Crippen LogP contribution >= 0.6 is 0 Å². The normalized spacial score (nSPS) is 11.6. The van der Waals surface area contributed by atoms with Crippen molar-refractivity contribution >= 4 is 11.1 Å². The van der Waals surface area contributed by atoms with Gasteiger partial charge in [-0.1, -0.05) is 27.7 Å². The summed E-state index contributed by atoms with van der Waals surface area (Å²) in [6, 6.07) is 13.8. The van der Waals surface area contributed by atoms with Gasteiger partial charge >= 0.3 is 0 Å². The first kappa shape index (κ1) is 30.9. The Morgan fingerprint density at radius 1 is 0.692 bits per heavy atom. The first-order valence-electron chi connectivity index (χ1n) is 14.8. The second kappa shape index (κ2) is 17.8. The molecule has 0 radical (unpaired) electrons. The summed E-state index contributed by atoms with van der Waals surface area (Å²) in [6.45, 7) is 20.7. The number of ether oxygens (including phenoxy) is 2. The van der Waals surface area contributed by atoms with Crippen LogP contribution in [0.2, 0.25) is 0 Å². The van der Waals surface area contributed by atoms with Crippen molar-refractivity contribution in [1.82, 2.24) is 25.4 Å². The summed E-state index contributed by atoms with van der Waals surface area (Å²) < 4.78 is 17.9. The van der Waals surface area contributed by atoms with Gasteiger partial charge in [-0.25, -0.2) is 4.98 Å². The first-order valence-corrected chi connectivity index (χ1v) is 14.8. The van der Waals surface area contributed by atoms with Crippen LogP contribution < -0.4 is 20.1 Å². The highest BCUT2D eigenvalue weighted by Gasteiger charge is 2.10. The fourth-order valence-electron chi connectivity index (χ4n) is 4.39. The summed E-state index contributed by atoms with van der Waals surface area (Å²) in [5, 5.41) is 6.98. The smallest absolute Gasteiger partial charge is 0.227 e. The topological polar surface area (TPSA) is 75.0 Å². The van der Waals surface area contributed by atoms with Gasteiger partial charge in [-0.3, -0.25) is 0 Å². The van der Waals surface area contributed by atoms with E-state index in [9.17, 15) is 0 Å². The summed E-state index contributed by atoms with van der Waals surface area (Å²) in [5.41, 5.74) is 2.48. The molecule has 0 bridgehead atoms. The summed E-state index contributed by atoms with van der Waals surface area (Å²) in [4.78, 5) is 9.49. The van der Waals surface area contributed by atoms with Gasteiger partial charge in [-0.05, 0) is 88.5 Å². The molecule has 39 heavy (non-hydrogen) atoms. The summed E-state index contributed by atoms with van der Waals surface area (Å²) in [7, 11) is 0. The summed E-state index contributed by atoms with van der Waals surface area (Å²) in [6.07, 6.45) is 1.93. The van der Waals surface area contributed by atoms with Crippen LogP contribution in [0.5, 0.6) is 11.5 Å². The van der Waals surface area contributed by atoms with Crippen LogP contribution in [0.3, 0.4) is 0 Å². The zero-order valence-corrected chi connectivity index (χ0v) is 24.5. The fraction of sp³-hybridized carbons (Fsp3) is 0.581. The molecule has 0 fully saturated rings. The Morgan fingerprint density at radius 3 is 1.79 bits per heavy atom. The minimum Gasteiger partial charge on any atom is -0.494 e. The number of nitrogens with one attached hydrogen (secondary N) is 2. The zero-order valence-electron chi connectivity index (χ0n) is 24.5. The molecule has 3 aromatic rings. The van der Waals surface area contributed by atoms with Crippen molar-refractivity contribution < 1.29 is 13.9 Å². The lowest BCUT2D eigenvalue weighted by molar-refractivity contribution is 0.291. The van der Waals surface area contributed by atoms with E-state index in [1.807, 2.05) is 42.5 Å². The second-order valence-corrected chi connectivity index (χ2v) is 9.63. The van der Waals surface area contributed by atoms with Crippen LogP contribution in [0.25, 0.3) is 22.6 Å². The van der Waals surface area contributed by atoms with Crippen LogP contribution in [0, 0.1) is 0 Å². The van der Waals surface area contributed by atoms with Gasteiger partial charge in [-0.2, -0.15) is 0 Å². The molecule has 0 aliphatic carbocycles. The molecule has 3 rings (SSSR count). The molecule has 0 spiro atoms. The fourth-order valence-corrected chi connectivity index (χ4v) is 4.39. The van der Waals surface area contributed by atoms with E-state index in [0.717, 1.165) is 106 Å². The minimum atomic E-state index is 0.600. The lowest BCUT2D eigenvalue weighted by Gasteiger charge is -2.17. The Balaban J connectivity index is 1.36. The van der Waals surface area contributed by atoms with E-state index in [0.29, 0.717) is 19.1 Å². The number of oxazole rings is 1. The quantitative estimate of drug-likeness (QED) is 0.185. The molecule has 0 saturated carbocycles. The molecule has 0 aliphatic rings.